The molecule has 4 heteroatoms. The minimum Gasteiger partial charge on any atom is -0.256 e. The molecule has 0 bridgehead atoms. The molecule has 0 saturated heterocycles. The van der Waals surface area contributed by atoms with E-state index in [1.807, 2.05) is 6.07 Å². The van der Waals surface area contributed by atoms with Gasteiger partial charge in [-0.05, 0) is 47.9 Å². The van der Waals surface area contributed by atoms with Gasteiger partial charge in [-0.1, -0.05) is 35.3 Å². The van der Waals surface area contributed by atoms with Crippen molar-refractivity contribution in [3.8, 4) is 0 Å². The molecule has 0 unspecified atom stereocenters. The molecule has 0 amide bonds. The molecule has 0 atom stereocenters. The highest BCUT2D eigenvalue weighted by Gasteiger charge is 2.08. The summed E-state index contributed by atoms with van der Waals surface area (Å²) in [6.07, 6.45) is 2.40. The molecule has 0 aliphatic heterocycles. The largest absolute Gasteiger partial charge is 0.256 e. The Kier molecular flexibility index (Phi) is 3.60. The maximum absolute atomic E-state index is 12.9. The smallest absolute Gasteiger partial charge is 0.123 e. The molecule has 100 valence electrons. The topological polar surface area (TPSA) is 12.9 Å². The van der Waals surface area contributed by atoms with E-state index in [0.717, 1.165) is 22.0 Å². The van der Waals surface area contributed by atoms with E-state index < -0.39 is 0 Å². The van der Waals surface area contributed by atoms with Crippen molar-refractivity contribution < 1.29 is 4.39 Å². The first-order chi connectivity index (χ1) is 9.63. The van der Waals surface area contributed by atoms with Crippen LogP contribution >= 0.6 is 23.2 Å². The Balaban J connectivity index is 2.09. The van der Waals surface area contributed by atoms with Crippen LogP contribution in [-0.2, 0) is 6.42 Å². The number of rotatable bonds is 2. The third kappa shape index (κ3) is 2.62. The first-order valence-electron chi connectivity index (χ1n) is 6.10. The Labute approximate surface area is 126 Å². The summed E-state index contributed by atoms with van der Waals surface area (Å²) in [5.41, 5.74) is 2.83. The molecule has 0 spiro atoms. The lowest BCUT2D eigenvalue weighted by Gasteiger charge is -2.08. The molecule has 1 heterocycles. The molecule has 3 aromatic rings. The average Bonchev–Trinajstić information content (AvgIpc) is 2.41. The predicted octanol–water partition coefficient (Wildman–Crippen LogP) is 5.27. The van der Waals surface area contributed by atoms with Crippen molar-refractivity contribution in [3.63, 3.8) is 0 Å². The molecule has 20 heavy (non-hydrogen) atoms. The molecule has 0 radical (unpaired) electrons. The number of nitrogens with zero attached hydrogens (tertiary/aromatic N) is 1. The van der Waals surface area contributed by atoms with Gasteiger partial charge in [0.05, 0.1) is 10.5 Å². The normalized spacial score (nSPS) is 10.9. The van der Waals surface area contributed by atoms with E-state index in [4.69, 9.17) is 23.2 Å². The minimum atomic E-state index is -0.238. The molecule has 0 N–H and O–H groups in total. The Hall–Kier alpha value is -1.64. The fourth-order valence-corrected chi connectivity index (χ4v) is 2.84. The number of halogens is 3. The number of pyridine rings is 1. The van der Waals surface area contributed by atoms with Crippen LogP contribution in [0.25, 0.3) is 10.9 Å². The zero-order chi connectivity index (χ0) is 14.1. The van der Waals surface area contributed by atoms with Crippen molar-refractivity contribution in [2.45, 2.75) is 6.42 Å². The first kappa shape index (κ1) is 13.3. The summed E-state index contributed by atoms with van der Waals surface area (Å²) >= 11 is 12.3. The Morgan fingerprint density at radius 1 is 1.00 bits per heavy atom. The van der Waals surface area contributed by atoms with Gasteiger partial charge >= 0.3 is 0 Å². The van der Waals surface area contributed by atoms with Crippen molar-refractivity contribution >= 4 is 34.1 Å². The second kappa shape index (κ2) is 5.39. The van der Waals surface area contributed by atoms with Crippen LogP contribution in [0.15, 0.2) is 48.7 Å². The van der Waals surface area contributed by atoms with Gasteiger partial charge in [0, 0.05) is 16.6 Å². The molecule has 0 saturated carbocycles. The standard InChI is InChI=1S/C16H10Cl2FN/c17-12-8-14(18)16-11(5-6-20-15(16)9-12)7-10-1-3-13(19)4-2-10/h1-6,8-9H,7H2. The summed E-state index contributed by atoms with van der Waals surface area (Å²) in [5, 5.41) is 2.04. The van der Waals surface area contributed by atoms with Crippen LogP contribution in [0, 0.1) is 5.82 Å². The summed E-state index contributed by atoms with van der Waals surface area (Å²) in [5.74, 6) is -0.238. The van der Waals surface area contributed by atoms with E-state index in [1.165, 1.54) is 12.1 Å². The lowest BCUT2D eigenvalue weighted by atomic mass is 10.0. The highest BCUT2D eigenvalue weighted by Crippen LogP contribution is 2.30. The van der Waals surface area contributed by atoms with Gasteiger partial charge in [-0.2, -0.15) is 0 Å². The molecule has 0 fully saturated rings. The van der Waals surface area contributed by atoms with Crippen LogP contribution in [0.4, 0.5) is 4.39 Å². The predicted molar refractivity (Wildman–Crippen MR) is 81.0 cm³/mol. The van der Waals surface area contributed by atoms with Crippen molar-refractivity contribution in [1.29, 1.82) is 0 Å². The first-order valence-corrected chi connectivity index (χ1v) is 6.86. The van der Waals surface area contributed by atoms with Crippen LogP contribution in [0.5, 0.6) is 0 Å². The number of hydrogen-bond acceptors (Lipinski definition) is 1. The van der Waals surface area contributed by atoms with Gasteiger partial charge in [0.15, 0.2) is 0 Å². The second-order valence-electron chi connectivity index (χ2n) is 4.56. The fourth-order valence-electron chi connectivity index (χ4n) is 2.24. The zero-order valence-corrected chi connectivity index (χ0v) is 11.9. The lowest BCUT2D eigenvalue weighted by molar-refractivity contribution is 0.627. The molecular formula is C16H10Cl2FN. The van der Waals surface area contributed by atoms with Crippen LogP contribution < -0.4 is 0 Å². The van der Waals surface area contributed by atoms with Gasteiger partial charge in [0.2, 0.25) is 0 Å². The Morgan fingerprint density at radius 3 is 2.50 bits per heavy atom. The van der Waals surface area contributed by atoms with E-state index in [-0.39, 0.29) is 5.82 Å². The molecule has 1 aromatic heterocycles. The third-order valence-electron chi connectivity index (χ3n) is 3.15. The van der Waals surface area contributed by atoms with Gasteiger partial charge < -0.3 is 0 Å². The fraction of sp³-hybridized carbons (Fsp3) is 0.0625. The summed E-state index contributed by atoms with van der Waals surface area (Å²) in [6, 6.07) is 11.9. The molecule has 2 aromatic carbocycles. The van der Waals surface area contributed by atoms with Gasteiger partial charge in [-0.15, -0.1) is 0 Å². The number of fused-ring (bicyclic) bond motifs is 1. The average molecular weight is 306 g/mol. The quantitative estimate of drug-likeness (QED) is 0.628. The molecular weight excluding hydrogens is 296 g/mol. The molecule has 0 aliphatic rings. The monoisotopic (exact) mass is 305 g/mol. The minimum absolute atomic E-state index is 0.238. The highest BCUT2D eigenvalue weighted by molar-refractivity contribution is 6.38. The van der Waals surface area contributed by atoms with Crippen LogP contribution in [-0.4, -0.2) is 4.98 Å². The number of hydrogen-bond donors (Lipinski definition) is 0. The second-order valence-corrected chi connectivity index (χ2v) is 5.40. The van der Waals surface area contributed by atoms with Crippen molar-refractivity contribution in [2.75, 3.05) is 0 Å². The molecule has 3 rings (SSSR count). The van der Waals surface area contributed by atoms with Gasteiger partial charge in [-0.3, -0.25) is 4.98 Å². The Morgan fingerprint density at radius 2 is 1.75 bits per heavy atom. The maximum Gasteiger partial charge on any atom is 0.123 e. The van der Waals surface area contributed by atoms with Gasteiger partial charge in [-0.25, -0.2) is 4.39 Å². The highest BCUT2D eigenvalue weighted by atomic mass is 35.5. The van der Waals surface area contributed by atoms with E-state index in [2.05, 4.69) is 4.98 Å². The van der Waals surface area contributed by atoms with E-state index in [1.54, 1.807) is 30.5 Å². The van der Waals surface area contributed by atoms with Gasteiger partial charge in [0.25, 0.3) is 0 Å². The zero-order valence-electron chi connectivity index (χ0n) is 10.4. The maximum atomic E-state index is 12.9. The van der Waals surface area contributed by atoms with E-state index in [9.17, 15) is 4.39 Å². The van der Waals surface area contributed by atoms with Crippen molar-refractivity contribution in [2.24, 2.45) is 0 Å². The molecule has 1 nitrogen and oxygen atoms in total. The third-order valence-corrected chi connectivity index (χ3v) is 3.67. The van der Waals surface area contributed by atoms with Crippen LogP contribution in [0.2, 0.25) is 10.0 Å². The van der Waals surface area contributed by atoms with Gasteiger partial charge in [0.1, 0.15) is 5.82 Å². The van der Waals surface area contributed by atoms with Crippen LogP contribution in [0.1, 0.15) is 11.1 Å². The van der Waals surface area contributed by atoms with Crippen LogP contribution in [0.3, 0.4) is 0 Å². The van der Waals surface area contributed by atoms with Crippen molar-refractivity contribution in [3.05, 3.63) is 75.7 Å². The van der Waals surface area contributed by atoms with E-state index in [0.29, 0.717) is 16.5 Å². The SMILES string of the molecule is Fc1ccc(Cc2ccnc3cc(Cl)cc(Cl)c23)cc1. The Bertz CT molecular complexity index is 769. The summed E-state index contributed by atoms with van der Waals surface area (Å²) in [6.45, 7) is 0. The summed E-state index contributed by atoms with van der Waals surface area (Å²) in [4.78, 5) is 4.29. The number of benzene rings is 2. The lowest BCUT2D eigenvalue weighted by Crippen LogP contribution is -1.92. The van der Waals surface area contributed by atoms with E-state index >= 15 is 0 Å². The summed E-state index contributed by atoms with van der Waals surface area (Å²) < 4.78 is 12.9. The molecule has 0 aliphatic carbocycles. The summed E-state index contributed by atoms with van der Waals surface area (Å²) in [7, 11) is 0. The number of aromatic nitrogens is 1. The van der Waals surface area contributed by atoms with Crippen molar-refractivity contribution in [1.82, 2.24) is 4.98 Å².